The van der Waals surface area contributed by atoms with Gasteiger partial charge in [0.25, 0.3) is 5.91 Å². The lowest BCUT2D eigenvalue weighted by Crippen LogP contribution is -2.56. The van der Waals surface area contributed by atoms with Gasteiger partial charge in [-0.3, -0.25) is 9.78 Å². The Labute approximate surface area is 194 Å². The van der Waals surface area contributed by atoms with Crippen LogP contribution < -0.4 is 10.2 Å². The molecule has 1 atom stereocenters. The van der Waals surface area contributed by atoms with E-state index < -0.39 is 17.9 Å². The molecule has 1 aliphatic heterocycles. The van der Waals surface area contributed by atoms with Crippen molar-refractivity contribution in [1.29, 1.82) is 0 Å². The molecule has 0 aliphatic carbocycles. The number of halogens is 3. The van der Waals surface area contributed by atoms with Gasteiger partial charge in [0, 0.05) is 45.1 Å². The second-order valence-corrected chi connectivity index (χ2v) is 8.55. The SMILES string of the molecule is CN(C)c1ccc(-c2cc3nccnc3c(NCC3(C)CN(C(=O)C(F)F)CCO3)n2)cc1F. The Hall–Kier alpha value is -3.47. The van der Waals surface area contributed by atoms with Gasteiger partial charge in [0.15, 0.2) is 5.82 Å². The van der Waals surface area contributed by atoms with Gasteiger partial charge in [0.05, 0.1) is 30.0 Å². The van der Waals surface area contributed by atoms with E-state index in [0.717, 1.165) is 4.90 Å². The predicted molar refractivity (Wildman–Crippen MR) is 122 cm³/mol. The molecule has 11 heteroatoms. The van der Waals surface area contributed by atoms with Crippen LogP contribution in [0, 0.1) is 5.82 Å². The van der Waals surface area contributed by atoms with Crippen LogP contribution in [0.1, 0.15) is 6.92 Å². The third-order valence-electron chi connectivity index (χ3n) is 5.65. The number of pyridine rings is 1. The average molecular weight is 474 g/mol. The summed E-state index contributed by atoms with van der Waals surface area (Å²) < 4.78 is 46.2. The van der Waals surface area contributed by atoms with E-state index in [1.807, 2.05) is 0 Å². The Morgan fingerprint density at radius 1 is 1.26 bits per heavy atom. The molecule has 1 saturated heterocycles. The molecule has 1 aromatic carbocycles. The van der Waals surface area contributed by atoms with Gasteiger partial charge in [0.1, 0.15) is 16.9 Å². The molecule has 8 nitrogen and oxygen atoms in total. The van der Waals surface area contributed by atoms with Crippen molar-refractivity contribution >= 4 is 28.4 Å². The highest BCUT2D eigenvalue weighted by Crippen LogP contribution is 2.29. The molecule has 180 valence electrons. The summed E-state index contributed by atoms with van der Waals surface area (Å²) in [4.78, 5) is 27.9. The molecule has 3 heterocycles. The zero-order valence-electron chi connectivity index (χ0n) is 19.1. The highest BCUT2D eigenvalue weighted by molar-refractivity contribution is 5.88. The van der Waals surface area contributed by atoms with Gasteiger partial charge in [-0.2, -0.15) is 8.78 Å². The third kappa shape index (κ3) is 4.89. The maximum atomic E-state index is 14.6. The van der Waals surface area contributed by atoms with Gasteiger partial charge in [-0.1, -0.05) is 6.07 Å². The van der Waals surface area contributed by atoms with Crippen molar-refractivity contribution < 1.29 is 22.7 Å². The first-order valence-electron chi connectivity index (χ1n) is 10.7. The van der Waals surface area contributed by atoms with E-state index in [9.17, 15) is 18.0 Å². The van der Waals surface area contributed by atoms with Gasteiger partial charge in [0.2, 0.25) is 0 Å². The lowest BCUT2D eigenvalue weighted by atomic mass is 10.0. The van der Waals surface area contributed by atoms with Gasteiger partial charge in [-0.05, 0) is 25.1 Å². The molecule has 0 spiro atoms. The summed E-state index contributed by atoms with van der Waals surface area (Å²) in [5.41, 5.74) is 1.63. The topological polar surface area (TPSA) is 83.5 Å². The molecule has 1 aliphatic rings. The minimum absolute atomic E-state index is 0.00365. The first-order valence-corrected chi connectivity index (χ1v) is 10.7. The summed E-state index contributed by atoms with van der Waals surface area (Å²) in [6, 6.07) is 6.57. The molecule has 2 aromatic heterocycles. The van der Waals surface area contributed by atoms with Gasteiger partial charge < -0.3 is 19.9 Å². The molecule has 3 aromatic rings. The lowest BCUT2D eigenvalue weighted by Gasteiger charge is -2.40. The van der Waals surface area contributed by atoms with Gasteiger partial charge in [-0.25, -0.2) is 14.4 Å². The van der Waals surface area contributed by atoms with Crippen molar-refractivity contribution in [2.24, 2.45) is 0 Å². The fraction of sp³-hybridized carbons (Fsp3) is 0.391. The van der Waals surface area contributed by atoms with E-state index in [2.05, 4.69) is 20.3 Å². The molecule has 34 heavy (non-hydrogen) atoms. The quantitative estimate of drug-likeness (QED) is 0.588. The van der Waals surface area contributed by atoms with E-state index in [4.69, 9.17) is 4.74 Å². The molecule has 4 rings (SSSR count). The van der Waals surface area contributed by atoms with Crippen LogP contribution in [0.25, 0.3) is 22.3 Å². The summed E-state index contributed by atoms with van der Waals surface area (Å²) in [5, 5.41) is 3.17. The monoisotopic (exact) mass is 474 g/mol. The zero-order chi connectivity index (χ0) is 24.5. The summed E-state index contributed by atoms with van der Waals surface area (Å²) in [7, 11) is 3.52. The van der Waals surface area contributed by atoms with Crippen LogP contribution in [0.2, 0.25) is 0 Å². The molecule has 1 amide bonds. The number of hydrogen-bond acceptors (Lipinski definition) is 7. The van der Waals surface area contributed by atoms with Gasteiger partial charge >= 0.3 is 6.43 Å². The summed E-state index contributed by atoms with van der Waals surface area (Å²) >= 11 is 0. The molecular weight excluding hydrogens is 449 g/mol. The average Bonchev–Trinajstić information content (AvgIpc) is 2.81. The highest BCUT2D eigenvalue weighted by Gasteiger charge is 2.36. The van der Waals surface area contributed by atoms with Crippen LogP contribution in [0.5, 0.6) is 0 Å². The number of amides is 1. The first-order chi connectivity index (χ1) is 16.2. The van der Waals surface area contributed by atoms with E-state index in [1.165, 1.54) is 12.3 Å². The normalized spacial score (nSPS) is 18.4. The number of nitrogens with one attached hydrogen (secondary N) is 1. The Morgan fingerprint density at radius 2 is 2.03 bits per heavy atom. The van der Waals surface area contributed by atoms with Crippen molar-refractivity contribution in [2.45, 2.75) is 19.0 Å². The fourth-order valence-electron chi connectivity index (χ4n) is 3.91. The number of carbonyl (C=O) groups is 1. The first kappa shape index (κ1) is 23.7. The molecule has 0 radical (unpaired) electrons. The van der Waals surface area contributed by atoms with E-state index >= 15 is 0 Å². The number of nitrogens with zero attached hydrogens (tertiary/aromatic N) is 5. The van der Waals surface area contributed by atoms with Crippen LogP contribution in [-0.2, 0) is 9.53 Å². The van der Waals surface area contributed by atoms with E-state index in [1.54, 1.807) is 50.3 Å². The highest BCUT2D eigenvalue weighted by atomic mass is 19.3. The van der Waals surface area contributed by atoms with Crippen molar-refractivity contribution in [1.82, 2.24) is 19.9 Å². The number of anilines is 2. The van der Waals surface area contributed by atoms with Crippen LogP contribution in [0.4, 0.5) is 24.7 Å². The van der Waals surface area contributed by atoms with Crippen LogP contribution in [0.15, 0.2) is 36.7 Å². The number of rotatable bonds is 6. The molecule has 0 saturated carbocycles. The number of fused-ring (bicyclic) bond motifs is 1. The Bertz CT molecular complexity index is 1210. The summed E-state index contributed by atoms with van der Waals surface area (Å²) in [5.74, 6) is -1.21. The molecule has 1 unspecified atom stereocenters. The maximum absolute atomic E-state index is 14.6. The van der Waals surface area contributed by atoms with Crippen molar-refractivity contribution in [3.05, 3.63) is 42.5 Å². The minimum atomic E-state index is -3.06. The number of carbonyl (C=O) groups excluding carboxylic acids is 1. The van der Waals surface area contributed by atoms with Crippen molar-refractivity contribution in [2.75, 3.05) is 50.6 Å². The van der Waals surface area contributed by atoms with Crippen molar-refractivity contribution in [3.63, 3.8) is 0 Å². The van der Waals surface area contributed by atoms with Gasteiger partial charge in [-0.15, -0.1) is 0 Å². The number of alkyl halides is 2. The summed E-state index contributed by atoms with van der Waals surface area (Å²) in [6.45, 7) is 2.16. The number of aromatic nitrogens is 3. The standard InChI is InChI=1S/C23H25F3N6O2/c1-23(13-32(8-9-34-23)22(33)20(25)26)12-29-21-19-17(27-6-7-28-19)11-16(30-21)14-4-5-18(31(2)3)15(24)10-14/h4-7,10-11,20H,8-9,12-13H2,1-3H3,(H,29,30). The molecule has 0 bridgehead atoms. The van der Waals surface area contributed by atoms with Crippen LogP contribution >= 0.6 is 0 Å². The molecule has 1 N–H and O–H groups in total. The number of ether oxygens (including phenoxy) is 1. The lowest BCUT2D eigenvalue weighted by molar-refractivity contribution is -0.157. The van der Waals surface area contributed by atoms with Crippen LogP contribution in [0.3, 0.4) is 0 Å². The number of morpholine rings is 1. The number of benzene rings is 1. The summed E-state index contributed by atoms with van der Waals surface area (Å²) in [6.07, 6.45) is 0.0138. The number of hydrogen-bond donors (Lipinski definition) is 1. The zero-order valence-corrected chi connectivity index (χ0v) is 19.1. The Kier molecular flexibility index (Phi) is 6.56. The third-order valence-corrected chi connectivity index (χ3v) is 5.65. The van der Waals surface area contributed by atoms with E-state index in [-0.39, 0.29) is 32.1 Å². The Morgan fingerprint density at radius 3 is 2.74 bits per heavy atom. The second kappa shape index (κ2) is 9.41. The molecule has 1 fully saturated rings. The maximum Gasteiger partial charge on any atom is 0.315 e. The smallest absolute Gasteiger partial charge is 0.315 e. The van der Waals surface area contributed by atoms with E-state index in [0.29, 0.717) is 33.8 Å². The minimum Gasteiger partial charge on any atom is -0.375 e. The molecular formula is C23H25F3N6O2. The predicted octanol–water partition coefficient (Wildman–Crippen LogP) is 3.19. The second-order valence-electron chi connectivity index (χ2n) is 8.55. The van der Waals surface area contributed by atoms with Crippen molar-refractivity contribution in [3.8, 4) is 11.3 Å². The fourth-order valence-corrected chi connectivity index (χ4v) is 3.91. The largest absolute Gasteiger partial charge is 0.375 e. The Balaban J connectivity index is 1.63. The van der Waals surface area contributed by atoms with Crippen LogP contribution in [-0.4, -0.2) is 78.1 Å².